The molecule has 0 saturated carbocycles. The first kappa shape index (κ1) is 15.4. The molecule has 0 spiro atoms. The third-order valence-electron chi connectivity index (χ3n) is 3.12. The summed E-state index contributed by atoms with van der Waals surface area (Å²) >= 11 is 0. The molecule has 2 aromatic rings. The van der Waals surface area contributed by atoms with E-state index in [0.29, 0.717) is 17.9 Å². The Labute approximate surface area is 125 Å². The van der Waals surface area contributed by atoms with Crippen molar-refractivity contribution in [3.8, 4) is 16.9 Å². The number of pyridine rings is 1. The van der Waals surface area contributed by atoms with Gasteiger partial charge in [0.1, 0.15) is 11.6 Å². The summed E-state index contributed by atoms with van der Waals surface area (Å²) in [6.45, 7) is 6.28. The molecule has 1 aromatic carbocycles. The van der Waals surface area contributed by atoms with Gasteiger partial charge in [0.15, 0.2) is 0 Å². The summed E-state index contributed by atoms with van der Waals surface area (Å²) in [6, 6.07) is 7.00. The zero-order chi connectivity index (χ0) is 15.1. The molecule has 0 fully saturated rings. The Morgan fingerprint density at radius 1 is 1.19 bits per heavy atom. The number of hydrogen-bond donors (Lipinski definition) is 1. The molecule has 0 aliphatic rings. The van der Waals surface area contributed by atoms with Crippen molar-refractivity contribution in [1.82, 2.24) is 10.3 Å². The maximum absolute atomic E-state index is 14.1. The fourth-order valence-electron chi connectivity index (χ4n) is 2.12. The van der Waals surface area contributed by atoms with Crippen LogP contribution in [0.2, 0.25) is 0 Å². The Morgan fingerprint density at radius 3 is 2.81 bits per heavy atom. The molecule has 4 heteroatoms. The number of hydrogen-bond acceptors (Lipinski definition) is 3. The van der Waals surface area contributed by atoms with Crippen LogP contribution < -0.4 is 10.1 Å². The molecule has 0 aliphatic carbocycles. The van der Waals surface area contributed by atoms with Crippen LogP contribution >= 0.6 is 0 Å². The molecule has 21 heavy (non-hydrogen) atoms. The van der Waals surface area contributed by atoms with Crippen molar-refractivity contribution in [1.29, 1.82) is 0 Å². The molecule has 0 amide bonds. The molecule has 1 heterocycles. The molecule has 0 bridgehead atoms. The van der Waals surface area contributed by atoms with Crippen molar-refractivity contribution >= 4 is 0 Å². The summed E-state index contributed by atoms with van der Waals surface area (Å²) in [5.41, 5.74) is 2.34. The van der Waals surface area contributed by atoms with E-state index in [0.717, 1.165) is 30.6 Å². The van der Waals surface area contributed by atoms with E-state index >= 15 is 0 Å². The van der Waals surface area contributed by atoms with Gasteiger partial charge >= 0.3 is 0 Å². The normalized spacial score (nSPS) is 10.6. The SMILES string of the molecule is CCCNCc1ccc(F)c(-c2cncc(OCC)c2)c1. The van der Waals surface area contributed by atoms with E-state index in [9.17, 15) is 4.39 Å². The Hall–Kier alpha value is -1.94. The minimum Gasteiger partial charge on any atom is -0.492 e. The summed E-state index contributed by atoms with van der Waals surface area (Å²) in [5, 5.41) is 3.32. The van der Waals surface area contributed by atoms with Gasteiger partial charge in [-0.25, -0.2) is 4.39 Å². The van der Waals surface area contributed by atoms with E-state index in [4.69, 9.17) is 4.74 Å². The zero-order valence-electron chi connectivity index (χ0n) is 12.5. The van der Waals surface area contributed by atoms with Crippen molar-refractivity contribution in [3.63, 3.8) is 0 Å². The van der Waals surface area contributed by atoms with Gasteiger partial charge in [0.25, 0.3) is 0 Å². The maximum atomic E-state index is 14.1. The zero-order valence-corrected chi connectivity index (χ0v) is 12.5. The third kappa shape index (κ3) is 4.26. The van der Waals surface area contributed by atoms with Crippen LogP contribution in [0.4, 0.5) is 4.39 Å². The second-order valence-electron chi connectivity index (χ2n) is 4.83. The highest BCUT2D eigenvalue weighted by Crippen LogP contribution is 2.26. The Morgan fingerprint density at radius 2 is 2.05 bits per heavy atom. The molecule has 3 nitrogen and oxygen atoms in total. The molecule has 1 N–H and O–H groups in total. The number of ether oxygens (including phenoxy) is 1. The predicted octanol–water partition coefficient (Wildman–Crippen LogP) is 3.79. The lowest BCUT2D eigenvalue weighted by Crippen LogP contribution is -2.13. The van der Waals surface area contributed by atoms with Gasteiger partial charge in [-0.3, -0.25) is 4.98 Å². The van der Waals surface area contributed by atoms with E-state index in [-0.39, 0.29) is 5.82 Å². The van der Waals surface area contributed by atoms with Crippen LogP contribution in [0, 0.1) is 5.82 Å². The highest BCUT2D eigenvalue weighted by Gasteiger charge is 2.08. The molecule has 1 aromatic heterocycles. The second-order valence-corrected chi connectivity index (χ2v) is 4.83. The van der Waals surface area contributed by atoms with Gasteiger partial charge in [-0.15, -0.1) is 0 Å². The lowest BCUT2D eigenvalue weighted by Gasteiger charge is -2.09. The smallest absolute Gasteiger partial charge is 0.138 e. The summed E-state index contributed by atoms with van der Waals surface area (Å²) in [4.78, 5) is 4.12. The number of halogens is 1. The van der Waals surface area contributed by atoms with Crippen LogP contribution in [0.1, 0.15) is 25.8 Å². The van der Waals surface area contributed by atoms with Crippen LogP contribution in [0.3, 0.4) is 0 Å². The minimum absolute atomic E-state index is 0.246. The monoisotopic (exact) mass is 288 g/mol. The second kappa shape index (κ2) is 7.74. The fraction of sp³-hybridized carbons (Fsp3) is 0.353. The van der Waals surface area contributed by atoms with Crippen molar-refractivity contribution in [2.45, 2.75) is 26.8 Å². The molecular formula is C17H21FN2O. The van der Waals surface area contributed by atoms with E-state index < -0.39 is 0 Å². The summed E-state index contributed by atoms with van der Waals surface area (Å²) in [6.07, 6.45) is 4.37. The van der Waals surface area contributed by atoms with Crippen LogP contribution in [0.15, 0.2) is 36.7 Å². The molecule has 0 saturated heterocycles. The largest absolute Gasteiger partial charge is 0.492 e. The van der Waals surface area contributed by atoms with Gasteiger partial charge in [0.05, 0.1) is 12.8 Å². The first-order chi connectivity index (χ1) is 10.2. The van der Waals surface area contributed by atoms with Crippen LogP contribution in [0.25, 0.3) is 11.1 Å². The van der Waals surface area contributed by atoms with Crippen molar-refractivity contribution in [2.24, 2.45) is 0 Å². The van der Waals surface area contributed by atoms with Gasteiger partial charge in [-0.2, -0.15) is 0 Å². The first-order valence-electron chi connectivity index (χ1n) is 7.32. The van der Waals surface area contributed by atoms with E-state index in [1.54, 1.807) is 18.5 Å². The summed E-state index contributed by atoms with van der Waals surface area (Å²) in [7, 11) is 0. The van der Waals surface area contributed by atoms with Crippen molar-refractivity contribution in [3.05, 3.63) is 48.0 Å². The fourth-order valence-corrected chi connectivity index (χ4v) is 2.12. The summed E-state index contributed by atoms with van der Waals surface area (Å²) < 4.78 is 19.5. The Balaban J connectivity index is 2.25. The summed E-state index contributed by atoms with van der Waals surface area (Å²) in [5.74, 6) is 0.411. The topological polar surface area (TPSA) is 34.2 Å². The van der Waals surface area contributed by atoms with Gasteiger partial charge in [0, 0.05) is 23.9 Å². The van der Waals surface area contributed by atoms with Crippen LogP contribution in [-0.4, -0.2) is 18.1 Å². The van der Waals surface area contributed by atoms with Gasteiger partial charge in [-0.1, -0.05) is 13.0 Å². The molecule has 0 aliphatic heterocycles. The maximum Gasteiger partial charge on any atom is 0.138 e. The van der Waals surface area contributed by atoms with Gasteiger partial charge in [0.2, 0.25) is 0 Å². The van der Waals surface area contributed by atoms with Crippen LogP contribution in [0.5, 0.6) is 5.75 Å². The minimum atomic E-state index is -0.246. The molecule has 2 rings (SSSR count). The van der Waals surface area contributed by atoms with Crippen molar-refractivity contribution < 1.29 is 9.13 Å². The molecular weight excluding hydrogens is 267 g/mol. The standard InChI is InChI=1S/C17H21FN2O/c1-3-7-19-10-13-5-6-17(18)16(8-13)14-9-15(21-4-2)12-20-11-14/h5-6,8-9,11-12,19H,3-4,7,10H2,1-2H3. The van der Waals surface area contributed by atoms with E-state index in [1.165, 1.54) is 6.07 Å². The van der Waals surface area contributed by atoms with E-state index in [2.05, 4.69) is 17.2 Å². The van der Waals surface area contributed by atoms with E-state index in [1.807, 2.05) is 19.1 Å². The number of benzene rings is 1. The molecule has 0 atom stereocenters. The number of nitrogens with zero attached hydrogens (tertiary/aromatic N) is 1. The highest BCUT2D eigenvalue weighted by molar-refractivity contribution is 5.65. The average Bonchev–Trinajstić information content (AvgIpc) is 2.50. The van der Waals surface area contributed by atoms with Gasteiger partial charge in [-0.05, 0) is 43.7 Å². The van der Waals surface area contributed by atoms with Crippen LogP contribution in [-0.2, 0) is 6.54 Å². The number of rotatable bonds is 7. The number of aromatic nitrogens is 1. The molecule has 0 unspecified atom stereocenters. The Bertz CT molecular complexity index is 587. The van der Waals surface area contributed by atoms with Crippen molar-refractivity contribution in [2.75, 3.05) is 13.2 Å². The number of nitrogens with one attached hydrogen (secondary N) is 1. The average molecular weight is 288 g/mol. The first-order valence-corrected chi connectivity index (χ1v) is 7.32. The lowest BCUT2D eigenvalue weighted by molar-refractivity contribution is 0.339. The lowest BCUT2D eigenvalue weighted by atomic mass is 10.0. The predicted molar refractivity (Wildman–Crippen MR) is 82.8 cm³/mol. The molecule has 112 valence electrons. The highest BCUT2D eigenvalue weighted by atomic mass is 19.1. The molecule has 0 radical (unpaired) electrons. The third-order valence-corrected chi connectivity index (χ3v) is 3.12. The quantitative estimate of drug-likeness (QED) is 0.787. The van der Waals surface area contributed by atoms with Gasteiger partial charge < -0.3 is 10.1 Å². The Kier molecular flexibility index (Phi) is 5.69.